The molecule has 1 radical (unpaired) electrons. The summed E-state index contributed by atoms with van der Waals surface area (Å²) in [6, 6.07) is 0. The SMILES string of the molecule is CC/[C]=N\OCCC. The van der Waals surface area contributed by atoms with Gasteiger partial charge in [0.1, 0.15) is 12.8 Å². The van der Waals surface area contributed by atoms with Gasteiger partial charge in [0, 0.05) is 0 Å². The van der Waals surface area contributed by atoms with E-state index in [2.05, 4.69) is 11.4 Å². The molecule has 0 saturated heterocycles. The first-order chi connectivity index (χ1) is 3.91. The Labute approximate surface area is 50.5 Å². The van der Waals surface area contributed by atoms with Gasteiger partial charge in [0.2, 0.25) is 0 Å². The minimum atomic E-state index is 0.701. The van der Waals surface area contributed by atoms with Gasteiger partial charge in [-0.25, -0.2) is 0 Å². The van der Waals surface area contributed by atoms with Crippen molar-refractivity contribution in [3.8, 4) is 0 Å². The molecule has 0 rings (SSSR count). The molecular formula is C6H12NO. The second kappa shape index (κ2) is 6.47. The molecule has 2 nitrogen and oxygen atoms in total. The van der Waals surface area contributed by atoms with Gasteiger partial charge in [-0.15, -0.1) is 0 Å². The fraction of sp³-hybridized carbons (Fsp3) is 0.833. The Morgan fingerprint density at radius 2 is 2.25 bits per heavy atom. The third-order valence-corrected chi connectivity index (χ3v) is 0.583. The number of rotatable bonds is 4. The largest absolute Gasteiger partial charge is 0.396 e. The quantitative estimate of drug-likeness (QED) is 0.309. The summed E-state index contributed by atoms with van der Waals surface area (Å²) in [5, 5.41) is 3.53. The van der Waals surface area contributed by atoms with Gasteiger partial charge < -0.3 is 4.84 Å². The maximum absolute atomic E-state index is 4.74. The van der Waals surface area contributed by atoms with Crippen molar-refractivity contribution in [2.24, 2.45) is 5.16 Å². The van der Waals surface area contributed by atoms with E-state index in [0.29, 0.717) is 6.61 Å². The molecule has 2 heteroatoms. The molecule has 0 aromatic heterocycles. The molecule has 47 valence electrons. The van der Waals surface area contributed by atoms with Crippen LogP contribution < -0.4 is 0 Å². The lowest BCUT2D eigenvalue weighted by atomic mass is 10.5. The number of hydrogen-bond donors (Lipinski definition) is 0. The molecule has 0 unspecified atom stereocenters. The Kier molecular flexibility index (Phi) is 6.04. The normalized spacial score (nSPS) is 10.2. The average Bonchev–Trinajstić information content (AvgIpc) is 1.81. The highest BCUT2D eigenvalue weighted by atomic mass is 16.6. The van der Waals surface area contributed by atoms with Gasteiger partial charge in [0.25, 0.3) is 0 Å². The zero-order chi connectivity index (χ0) is 6.24. The highest BCUT2D eigenvalue weighted by molar-refractivity contribution is 5.55. The van der Waals surface area contributed by atoms with Crippen LogP contribution in [0.2, 0.25) is 0 Å². The van der Waals surface area contributed by atoms with E-state index in [9.17, 15) is 0 Å². The van der Waals surface area contributed by atoms with E-state index in [1.54, 1.807) is 0 Å². The van der Waals surface area contributed by atoms with Crippen molar-refractivity contribution in [2.45, 2.75) is 26.7 Å². The van der Waals surface area contributed by atoms with Crippen molar-refractivity contribution in [3.05, 3.63) is 0 Å². The fourth-order valence-corrected chi connectivity index (χ4v) is 0.247. The van der Waals surface area contributed by atoms with Crippen molar-refractivity contribution >= 4 is 6.21 Å². The summed E-state index contributed by atoms with van der Waals surface area (Å²) in [5.74, 6) is 0. The minimum Gasteiger partial charge on any atom is -0.396 e. The molecule has 0 amide bonds. The van der Waals surface area contributed by atoms with E-state index in [0.717, 1.165) is 12.8 Å². The molecule has 0 aliphatic heterocycles. The summed E-state index contributed by atoms with van der Waals surface area (Å²) in [6.07, 6.45) is 4.52. The number of nitrogens with zero attached hydrogens (tertiary/aromatic N) is 1. The highest BCUT2D eigenvalue weighted by Gasteiger charge is 1.74. The molecule has 0 saturated carbocycles. The highest BCUT2D eigenvalue weighted by Crippen LogP contribution is 1.79. The zero-order valence-corrected chi connectivity index (χ0v) is 5.48. The van der Waals surface area contributed by atoms with Crippen LogP contribution in [0.4, 0.5) is 0 Å². The van der Waals surface area contributed by atoms with Crippen LogP contribution in [0.15, 0.2) is 5.16 Å². The van der Waals surface area contributed by atoms with Gasteiger partial charge in [-0.2, -0.15) is 0 Å². The monoisotopic (exact) mass is 114 g/mol. The lowest BCUT2D eigenvalue weighted by Crippen LogP contribution is -1.83. The summed E-state index contributed by atoms with van der Waals surface area (Å²) in [4.78, 5) is 4.74. The van der Waals surface area contributed by atoms with Gasteiger partial charge in [-0.3, -0.25) is 0 Å². The van der Waals surface area contributed by atoms with Crippen molar-refractivity contribution in [3.63, 3.8) is 0 Å². The molecule has 0 aromatic carbocycles. The molecule has 0 aliphatic carbocycles. The molecule has 0 fully saturated rings. The third-order valence-electron chi connectivity index (χ3n) is 0.583. The van der Waals surface area contributed by atoms with Crippen LogP contribution in [0.25, 0.3) is 0 Å². The summed E-state index contributed by atoms with van der Waals surface area (Å²) < 4.78 is 0. The predicted octanol–water partition coefficient (Wildman–Crippen LogP) is 1.69. The van der Waals surface area contributed by atoms with Crippen molar-refractivity contribution in [1.82, 2.24) is 0 Å². The fourth-order valence-electron chi connectivity index (χ4n) is 0.247. The first kappa shape index (κ1) is 7.47. The van der Waals surface area contributed by atoms with Gasteiger partial charge in [-0.05, 0) is 12.8 Å². The zero-order valence-electron chi connectivity index (χ0n) is 5.48. The molecule has 0 aliphatic rings. The second-order valence-electron chi connectivity index (χ2n) is 1.44. The average molecular weight is 114 g/mol. The van der Waals surface area contributed by atoms with Crippen molar-refractivity contribution < 1.29 is 4.84 Å². The van der Waals surface area contributed by atoms with Crippen LogP contribution in [0.3, 0.4) is 0 Å². The standard InChI is InChI=1S/C6H12NO/c1-3-5-7-8-6-4-2/h3-4,6H2,1-2H3. The van der Waals surface area contributed by atoms with Crippen molar-refractivity contribution in [2.75, 3.05) is 6.61 Å². The number of hydrogen-bond acceptors (Lipinski definition) is 2. The molecule has 0 N–H and O–H groups in total. The lowest BCUT2D eigenvalue weighted by molar-refractivity contribution is 0.146. The molecule has 0 aromatic rings. The van der Waals surface area contributed by atoms with E-state index < -0.39 is 0 Å². The second-order valence-corrected chi connectivity index (χ2v) is 1.44. The molecular weight excluding hydrogens is 102 g/mol. The maximum Gasteiger partial charge on any atom is 0.116 e. The van der Waals surface area contributed by atoms with Crippen LogP contribution in [-0.4, -0.2) is 12.8 Å². The molecule has 0 atom stereocenters. The molecule has 8 heavy (non-hydrogen) atoms. The molecule has 0 bridgehead atoms. The Balaban J connectivity index is 2.80. The third kappa shape index (κ3) is 5.47. The minimum absolute atomic E-state index is 0.701. The van der Waals surface area contributed by atoms with Crippen LogP contribution in [0, 0.1) is 0 Å². The van der Waals surface area contributed by atoms with Crippen LogP contribution in [-0.2, 0) is 4.84 Å². The first-order valence-electron chi connectivity index (χ1n) is 2.96. The predicted molar refractivity (Wildman–Crippen MR) is 34.0 cm³/mol. The van der Waals surface area contributed by atoms with Crippen LogP contribution in [0.5, 0.6) is 0 Å². The Morgan fingerprint density at radius 1 is 1.50 bits per heavy atom. The van der Waals surface area contributed by atoms with Crippen LogP contribution in [0.1, 0.15) is 26.7 Å². The van der Waals surface area contributed by atoms with E-state index >= 15 is 0 Å². The van der Waals surface area contributed by atoms with Gasteiger partial charge in [-0.1, -0.05) is 19.0 Å². The Hall–Kier alpha value is -0.530. The van der Waals surface area contributed by atoms with Crippen LogP contribution >= 0.6 is 0 Å². The van der Waals surface area contributed by atoms with E-state index in [1.807, 2.05) is 13.8 Å². The Bertz CT molecular complexity index is 61.5. The molecule has 0 heterocycles. The maximum atomic E-state index is 4.74. The summed E-state index contributed by atoms with van der Waals surface area (Å²) >= 11 is 0. The Morgan fingerprint density at radius 3 is 2.75 bits per heavy atom. The van der Waals surface area contributed by atoms with Gasteiger partial charge in [0.15, 0.2) is 0 Å². The summed E-state index contributed by atoms with van der Waals surface area (Å²) in [7, 11) is 0. The van der Waals surface area contributed by atoms with Crippen molar-refractivity contribution in [1.29, 1.82) is 0 Å². The van der Waals surface area contributed by atoms with E-state index in [1.165, 1.54) is 0 Å². The lowest BCUT2D eigenvalue weighted by Gasteiger charge is -1.90. The smallest absolute Gasteiger partial charge is 0.116 e. The topological polar surface area (TPSA) is 21.6 Å². The van der Waals surface area contributed by atoms with Gasteiger partial charge >= 0.3 is 0 Å². The van der Waals surface area contributed by atoms with E-state index in [-0.39, 0.29) is 0 Å². The van der Waals surface area contributed by atoms with Gasteiger partial charge in [0.05, 0.1) is 0 Å². The molecule has 0 spiro atoms. The summed E-state index contributed by atoms with van der Waals surface area (Å²) in [6.45, 7) is 4.72. The van der Waals surface area contributed by atoms with E-state index in [4.69, 9.17) is 4.84 Å². The first-order valence-corrected chi connectivity index (χ1v) is 2.96. The summed E-state index contributed by atoms with van der Waals surface area (Å²) in [5.41, 5.74) is 0.